The second-order valence-corrected chi connectivity index (χ2v) is 6.72. The third kappa shape index (κ3) is 3.44. The van der Waals surface area contributed by atoms with Crippen molar-refractivity contribution < 1.29 is 5.11 Å². The molecule has 0 unspecified atom stereocenters. The average molecular weight is 342 g/mol. The van der Waals surface area contributed by atoms with E-state index in [1.807, 2.05) is 6.92 Å². The van der Waals surface area contributed by atoms with Crippen LogP contribution in [0.15, 0.2) is 10.7 Å². The second-order valence-electron chi connectivity index (χ2n) is 5.93. The maximum Gasteiger partial charge on any atom is 0.140 e. The summed E-state index contributed by atoms with van der Waals surface area (Å²) < 4.78 is 0.878. The minimum Gasteiger partial charge on any atom is -0.397 e. The van der Waals surface area contributed by atoms with Crippen LogP contribution in [0, 0.1) is 12.8 Å². The number of halogens is 1. The third-order valence-corrected chi connectivity index (χ3v) is 5.47. The van der Waals surface area contributed by atoms with Crippen molar-refractivity contribution in [1.29, 1.82) is 0 Å². The van der Waals surface area contributed by atoms with Crippen LogP contribution in [0.5, 0.6) is 0 Å². The van der Waals surface area contributed by atoms with E-state index in [-0.39, 0.29) is 0 Å². The summed E-state index contributed by atoms with van der Waals surface area (Å²) in [6.45, 7) is 4.72. The van der Waals surface area contributed by atoms with E-state index in [2.05, 4.69) is 33.2 Å². The highest BCUT2D eigenvalue weighted by atomic mass is 79.9. The first-order valence-corrected chi connectivity index (χ1v) is 8.11. The van der Waals surface area contributed by atoms with Crippen LogP contribution >= 0.6 is 15.9 Å². The molecule has 0 spiro atoms. The van der Waals surface area contributed by atoms with Crippen molar-refractivity contribution in [3.8, 4) is 0 Å². The number of aliphatic hydroxyl groups is 1. The fraction of sp³-hybridized carbons (Fsp3) is 0.667. The molecular formula is C15H24BrN3O. The lowest BCUT2D eigenvalue weighted by molar-refractivity contribution is 0.00222. The van der Waals surface area contributed by atoms with E-state index in [0.29, 0.717) is 12.2 Å². The van der Waals surface area contributed by atoms with Gasteiger partial charge in [-0.05, 0) is 60.0 Å². The number of rotatable bonds is 4. The van der Waals surface area contributed by atoms with Crippen molar-refractivity contribution >= 4 is 27.4 Å². The summed E-state index contributed by atoms with van der Waals surface area (Å²) >= 11 is 3.51. The van der Waals surface area contributed by atoms with Crippen LogP contribution in [0.4, 0.5) is 11.5 Å². The molecule has 1 aromatic heterocycles. The number of hydrogen-bond donors (Lipinski definition) is 3. The van der Waals surface area contributed by atoms with Gasteiger partial charge in [-0.2, -0.15) is 0 Å². The van der Waals surface area contributed by atoms with E-state index in [0.717, 1.165) is 47.5 Å². The number of nitrogen functional groups attached to an aromatic ring is 1. The van der Waals surface area contributed by atoms with E-state index in [4.69, 9.17) is 5.73 Å². The highest BCUT2D eigenvalue weighted by Gasteiger charge is 2.32. The summed E-state index contributed by atoms with van der Waals surface area (Å²) in [5.41, 5.74) is 6.85. The molecule has 1 fully saturated rings. The van der Waals surface area contributed by atoms with Gasteiger partial charge in [0.2, 0.25) is 0 Å². The molecule has 1 aromatic rings. The first-order valence-electron chi connectivity index (χ1n) is 7.32. The van der Waals surface area contributed by atoms with Crippen LogP contribution in [0.1, 0.15) is 44.6 Å². The van der Waals surface area contributed by atoms with Crippen molar-refractivity contribution in [2.45, 2.75) is 51.6 Å². The molecule has 20 heavy (non-hydrogen) atoms. The largest absolute Gasteiger partial charge is 0.397 e. The smallest absolute Gasteiger partial charge is 0.140 e. The van der Waals surface area contributed by atoms with Gasteiger partial charge in [-0.3, -0.25) is 0 Å². The van der Waals surface area contributed by atoms with Gasteiger partial charge in [-0.25, -0.2) is 4.98 Å². The van der Waals surface area contributed by atoms with E-state index in [9.17, 15) is 5.11 Å². The average Bonchev–Trinajstić information content (AvgIpc) is 2.45. The predicted octanol–water partition coefficient (Wildman–Crippen LogP) is 3.48. The monoisotopic (exact) mass is 341 g/mol. The SMILES string of the molecule is CCC1CCC(O)(CNc2ncc(N)c(C)c2Br)CC1. The summed E-state index contributed by atoms with van der Waals surface area (Å²) in [6.07, 6.45) is 6.83. The molecule has 1 heterocycles. The Morgan fingerprint density at radius 3 is 2.75 bits per heavy atom. The number of nitrogens with two attached hydrogens (primary N) is 1. The van der Waals surface area contributed by atoms with Gasteiger partial charge in [0, 0.05) is 6.54 Å². The lowest BCUT2D eigenvalue weighted by atomic mass is 9.78. The van der Waals surface area contributed by atoms with Crippen LogP contribution in [-0.2, 0) is 0 Å². The Morgan fingerprint density at radius 2 is 2.15 bits per heavy atom. The van der Waals surface area contributed by atoms with Crippen LogP contribution in [0.2, 0.25) is 0 Å². The van der Waals surface area contributed by atoms with E-state index in [1.54, 1.807) is 6.20 Å². The molecule has 112 valence electrons. The zero-order valence-corrected chi connectivity index (χ0v) is 13.8. The molecule has 0 amide bonds. The minimum absolute atomic E-state index is 0.540. The van der Waals surface area contributed by atoms with Gasteiger partial charge in [0.25, 0.3) is 0 Å². The van der Waals surface area contributed by atoms with Crippen LogP contribution in [-0.4, -0.2) is 22.2 Å². The number of hydrogen-bond acceptors (Lipinski definition) is 4. The highest BCUT2D eigenvalue weighted by Crippen LogP contribution is 2.34. The molecule has 0 bridgehead atoms. The summed E-state index contributed by atoms with van der Waals surface area (Å²) in [5.74, 6) is 1.53. The fourth-order valence-corrected chi connectivity index (χ4v) is 3.23. The van der Waals surface area contributed by atoms with Gasteiger partial charge in [0.15, 0.2) is 0 Å². The fourth-order valence-electron chi connectivity index (χ4n) is 2.76. The van der Waals surface area contributed by atoms with Gasteiger partial charge < -0.3 is 16.2 Å². The quantitative estimate of drug-likeness (QED) is 0.783. The molecule has 0 atom stereocenters. The first-order chi connectivity index (χ1) is 9.45. The Bertz CT molecular complexity index is 470. The van der Waals surface area contributed by atoms with Gasteiger partial charge in [0.1, 0.15) is 5.82 Å². The molecule has 1 saturated carbocycles. The summed E-state index contributed by atoms with van der Waals surface area (Å²) in [7, 11) is 0. The summed E-state index contributed by atoms with van der Waals surface area (Å²) in [6, 6.07) is 0. The number of pyridine rings is 1. The zero-order chi connectivity index (χ0) is 14.8. The number of nitrogens with one attached hydrogen (secondary N) is 1. The Kier molecular flexibility index (Phi) is 4.91. The van der Waals surface area contributed by atoms with E-state index in [1.165, 1.54) is 6.42 Å². The predicted molar refractivity (Wildman–Crippen MR) is 86.8 cm³/mol. The lowest BCUT2D eigenvalue weighted by Crippen LogP contribution is -2.40. The van der Waals surface area contributed by atoms with E-state index >= 15 is 0 Å². The number of anilines is 2. The topological polar surface area (TPSA) is 71.2 Å². The maximum atomic E-state index is 10.6. The zero-order valence-electron chi connectivity index (χ0n) is 12.2. The van der Waals surface area contributed by atoms with Crippen molar-refractivity contribution in [2.75, 3.05) is 17.6 Å². The number of aromatic nitrogens is 1. The highest BCUT2D eigenvalue weighted by molar-refractivity contribution is 9.10. The van der Waals surface area contributed by atoms with E-state index < -0.39 is 5.60 Å². The maximum absolute atomic E-state index is 10.6. The van der Waals surface area contributed by atoms with Gasteiger partial charge in [-0.1, -0.05) is 13.3 Å². The molecule has 2 rings (SSSR count). The molecule has 0 aromatic carbocycles. The number of nitrogens with zero attached hydrogens (tertiary/aromatic N) is 1. The van der Waals surface area contributed by atoms with Crippen molar-refractivity contribution in [3.63, 3.8) is 0 Å². The molecule has 0 saturated heterocycles. The lowest BCUT2D eigenvalue weighted by Gasteiger charge is -2.36. The normalized spacial score (nSPS) is 26.5. The molecule has 1 aliphatic rings. The standard InChI is InChI=1S/C15H24BrN3O/c1-3-11-4-6-15(20,7-5-11)9-19-14-13(16)10(2)12(17)8-18-14/h8,11,20H,3-7,9,17H2,1-2H3,(H,18,19). The van der Waals surface area contributed by atoms with Gasteiger partial charge in [0.05, 0.1) is 22.0 Å². The third-order valence-electron chi connectivity index (χ3n) is 4.50. The second kappa shape index (κ2) is 6.31. The van der Waals surface area contributed by atoms with Crippen LogP contribution in [0.25, 0.3) is 0 Å². The molecule has 0 radical (unpaired) electrons. The van der Waals surface area contributed by atoms with Crippen molar-refractivity contribution in [3.05, 3.63) is 16.2 Å². The van der Waals surface area contributed by atoms with Crippen LogP contribution < -0.4 is 11.1 Å². The Balaban J connectivity index is 1.97. The molecule has 4 N–H and O–H groups in total. The van der Waals surface area contributed by atoms with Crippen molar-refractivity contribution in [1.82, 2.24) is 4.98 Å². The molecule has 0 aliphatic heterocycles. The minimum atomic E-state index is -0.609. The van der Waals surface area contributed by atoms with Crippen LogP contribution in [0.3, 0.4) is 0 Å². The van der Waals surface area contributed by atoms with Gasteiger partial charge >= 0.3 is 0 Å². The molecule has 5 heteroatoms. The van der Waals surface area contributed by atoms with Crippen molar-refractivity contribution in [2.24, 2.45) is 5.92 Å². The Labute approximate surface area is 129 Å². The first kappa shape index (κ1) is 15.6. The molecule has 1 aliphatic carbocycles. The molecular weight excluding hydrogens is 318 g/mol. The van der Waals surface area contributed by atoms with Gasteiger partial charge in [-0.15, -0.1) is 0 Å². The summed E-state index contributed by atoms with van der Waals surface area (Å²) in [5, 5.41) is 13.9. The Hall–Kier alpha value is -0.810. The molecule has 4 nitrogen and oxygen atoms in total. The summed E-state index contributed by atoms with van der Waals surface area (Å²) in [4.78, 5) is 4.29. The Morgan fingerprint density at radius 1 is 1.50 bits per heavy atom.